The second-order valence-corrected chi connectivity index (χ2v) is 8.62. The Labute approximate surface area is 199 Å². The van der Waals surface area contributed by atoms with Gasteiger partial charge in [0, 0.05) is 30.7 Å². The molecule has 34 heavy (non-hydrogen) atoms. The fourth-order valence-electron chi connectivity index (χ4n) is 4.74. The van der Waals surface area contributed by atoms with E-state index in [1.165, 1.54) is 0 Å². The lowest BCUT2D eigenvalue weighted by Crippen LogP contribution is -2.48. The molecule has 1 aliphatic heterocycles. The van der Waals surface area contributed by atoms with Crippen LogP contribution in [0, 0.1) is 6.92 Å². The predicted molar refractivity (Wildman–Crippen MR) is 128 cm³/mol. The van der Waals surface area contributed by atoms with Gasteiger partial charge in [0.05, 0.1) is 25.8 Å². The largest absolute Gasteiger partial charge is 0.493 e. The molecule has 180 valence electrons. The molecular formula is C25H32N6O3. The highest BCUT2D eigenvalue weighted by Crippen LogP contribution is 2.32. The van der Waals surface area contributed by atoms with Gasteiger partial charge in [-0.25, -0.2) is 15.0 Å². The van der Waals surface area contributed by atoms with Crippen molar-refractivity contribution in [2.24, 2.45) is 5.73 Å². The molecule has 1 aliphatic rings. The Balaban J connectivity index is 1.58. The summed E-state index contributed by atoms with van der Waals surface area (Å²) in [7, 11) is 3.27. The number of amides is 1. The van der Waals surface area contributed by atoms with Gasteiger partial charge in [-0.1, -0.05) is 12.5 Å². The van der Waals surface area contributed by atoms with Gasteiger partial charge < -0.3 is 15.2 Å². The fraction of sp³-hybridized carbons (Fsp3) is 0.440. The number of nitrogens with two attached hydrogens (primary N) is 1. The Bertz CT molecular complexity index is 1120. The maximum absolute atomic E-state index is 12.8. The van der Waals surface area contributed by atoms with Crippen molar-refractivity contribution in [3.8, 4) is 17.4 Å². The van der Waals surface area contributed by atoms with E-state index in [2.05, 4.69) is 20.9 Å². The van der Waals surface area contributed by atoms with E-state index < -0.39 is 5.92 Å². The summed E-state index contributed by atoms with van der Waals surface area (Å²) >= 11 is 0. The molecule has 0 spiro atoms. The van der Waals surface area contributed by atoms with E-state index in [0.717, 1.165) is 50.0 Å². The molecule has 1 amide bonds. The Morgan fingerprint density at radius 2 is 2.00 bits per heavy atom. The number of carbonyl (C=O) groups excluding carboxylic acids is 1. The van der Waals surface area contributed by atoms with Crippen LogP contribution in [0.2, 0.25) is 0 Å². The van der Waals surface area contributed by atoms with Crippen LogP contribution in [0.3, 0.4) is 0 Å². The van der Waals surface area contributed by atoms with E-state index in [-0.39, 0.29) is 11.9 Å². The van der Waals surface area contributed by atoms with Gasteiger partial charge >= 0.3 is 0 Å². The zero-order valence-electron chi connectivity index (χ0n) is 20.0. The lowest BCUT2D eigenvalue weighted by Gasteiger charge is -2.39. The second kappa shape index (κ2) is 10.6. The summed E-state index contributed by atoms with van der Waals surface area (Å²) in [6, 6.07) is 7.84. The molecule has 9 heteroatoms. The van der Waals surface area contributed by atoms with Crippen LogP contribution in [0.15, 0.2) is 43.0 Å². The molecule has 2 aromatic heterocycles. The Hall–Kier alpha value is -3.46. The van der Waals surface area contributed by atoms with Crippen molar-refractivity contribution in [1.82, 2.24) is 24.4 Å². The molecule has 0 bridgehead atoms. The SMILES string of the molecule is COc1ccc(CCN2CCCCC2C(C(N)=O)c2cc(C)nc(-n3ccnc3)n2)cc1OC. The highest BCUT2D eigenvalue weighted by atomic mass is 16.5. The summed E-state index contributed by atoms with van der Waals surface area (Å²) in [5.74, 6) is 1.04. The number of likely N-dealkylation sites (tertiary alicyclic amines) is 1. The first-order valence-electron chi connectivity index (χ1n) is 11.6. The van der Waals surface area contributed by atoms with Crippen molar-refractivity contribution in [3.05, 3.63) is 59.9 Å². The number of aromatic nitrogens is 4. The smallest absolute Gasteiger partial charge is 0.235 e. The molecule has 3 aromatic rings. The number of ether oxygens (including phenoxy) is 2. The number of nitrogens with zero attached hydrogens (tertiary/aromatic N) is 5. The summed E-state index contributed by atoms with van der Waals surface area (Å²) in [5.41, 5.74) is 8.58. The lowest BCUT2D eigenvalue weighted by molar-refractivity contribution is -0.121. The molecular weight excluding hydrogens is 432 g/mol. The van der Waals surface area contributed by atoms with Gasteiger partial charge in [0.1, 0.15) is 6.33 Å². The maximum atomic E-state index is 12.8. The summed E-state index contributed by atoms with van der Waals surface area (Å²) in [5, 5.41) is 0. The van der Waals surface area contributed by atoms with Crippen molar-refractivity contribution in [2.75, 3.05) is 27.3 Å². The minimum atomic E-state index is -0.519. The predicted octanol–water partition coefficient (Wildman–Crippen LogP) is 2.65. The van der Waals surface area contributed by atoms with Crippen LogP contribution in [0.4, 0.5) is 0 Å². The Kier molecular flexibility index (Phi) is 7.42. The van der Waals surface area contributed by atoms with Crippen LogP contribution in [0.5, 0.6) is 11.5 Å². The molecule has 2 atom stereocenters. The number of piperidine rings is 1. The topological polar surface area (TPSA) is 108 Å². The van der Waals surface area contributed by atoms with Crippen molar-refractivity contribution in [3.63, 3.8) is 0 Å². The number of hydrogen-bond donors (Lipinski definition) is 1. The number of imidazole rings is 1. The highest BCUT2D eigenvalue weighted by molar-refractivity contribution is 5.82. The average molecular weight is 465 g/mol. The molecule has 2 unspecified atom stereocenters. The third-order valence-corrected chi connectivity index (χ3v) is 6.41. The van der Waals surface area contributed by atoms with Crippen LogP contribution in [-0.2, 0) is 11.2 Å². The first-order valence-corrected chi connectivity index (χ1v) is 11.6. The van der Waals surface area contributed by atoms with Crippen LogP contribution in [0.25, 0.3) is 5.95 Å². The van der Waals surface area contributed by atoms with Crippen LogP contribution < -0.4 is 15.2 Å². The average Bonchev–Trinajstić information content (AvgIpc) is 3.38. The van der Waals surface area contributed by atoms with E-state index in [4.69, 9.17) is 20.2 Å². The summed E-state index contributed by atoms with van der Waals surface area (Å²) in [6.07, 6.45) is 8.97. The number of primary amides is 1. The number of methoxy groups -OCH3 is 2. The molecule has 2 N–H and O–H groups in total. The van der Waals surface area contributed by atoms with Crippen LogP contribution >= 0.6 is 0 Å². The van der Waals surface area contributed by atoms with Crippen molar-refractivity contribution in [2.45, 2.75) is 44.6 Å². The van der Waals surface area contributed by atoms with E-state index in [1.807, 2.05) is 25.1 Å². The third-order valence-electron chi connectivity index (χ3n) is 6.41. The summed E-state index contributed by atoms with van der Waals surface area (Å²) in [6.45, 7) is 3.63. The summed E-state index contributed by atoms with van der Waals surface area (Å²) < 4.78 is 12.5. The zero-order chi connectivity index (χ0) is 24.1. The molecule has 9 nitrogen and oxygen atoms in total. The van der Waals surface area contributed by atoms with Gasteiger partial charge in [0.2, 0.25) is 11.9 Å². The minimum Gasteiger partial charge on any atom is -0.493 e. The number of aryl methyl sites for hydroxylation is 1. The molecule has 4 rings (SSSR count). The summed E-state index contributed by atoms with van der Waals surface area (Å²) in [4.78, 5) is 28.5. The molecule has 1 fully saturated rings. The monoisotopic (exact) mass is 464 g/mol. The number of benzene rings is 1. The number of rotatable bonds is 9. The normalized spacial score (nSPS) is 17.3. The molecule has 1 saturated heterocycles. The molecule has 3 heterocycles. The van der Waals surface area contributed by atoms with Gasteiger partial charge in [-0.3, -0.25) is 14.3 Å². The minimum absolute atomic E-state index is 0.0173. The van der Waals surface area contributed by atoms with Crippen LogP contribution in [0.1, 0.15) is 42.1 Å². The lowest BCUT2D eigenvalue weighted by atomic mass is 9.86. The number of carbonyl (C=O) groups is 1. The van der Waals surface area contributed by atoms with E-state index in [1.54, 1.807) is 37.5 Å². The van der Waals surface area contributed by atoms with Gasteiger partial charge in [-0.05, 0) is 56.5 Å². The Morgan fingerprint density at radius 3 is 2.71 bits per heavy atom. The van der Waals surface area contributed by atoms with Crippen molar-refractivity contribution >= 4 is 5.91 Å². The van der Waals surface area contributed by atoms with Crippen molar-refractivity contribution < 1.29 is 14.3 Å². The maximum Gasteiger partial charge on any atom is 0.235 e. The first kappa shape index (κ1) is 23.7. The third kappa shape index (κ3) is 5.20. The van der Waals surface area contributed by atoms with E-state index >= 15 is 0 Å². The molecule has 0 radical (unpaired) electrons. The molecule has 0 saturated carbocycles. The standard InChI is InChI=1S/C25H32N6O3/c1-17-14-19(29-25(28-17)31-13-10-27-16-31)23(24(26)32)20-6-4-5-11-30(20)12-9-18-7-8-21(33-2)22(15-18)34-3/h7-8,10,13-16,20,23H,4-6,9,11-12H2,1-3H3,(H2,26,32). The van der Waals surface area contributed by atoms with Gasteiger partial charge in [-0.2, -0.15) is 0 Å². The zero-order valence-corrected chi connectivity index (χ0v) is 20.0. The van der Waals surface area contributed by atoms with Gasteiger partial charge in [-0.15, -0.1) is 0 Å². The van der Waals surface area contributed by atoms with Crippen LogP contribution in [-0.4, -0.2) is 63.7 Å². The second-order valence-electron chi connectivity index (χ2n) is 8.62. The Morgan fingerprint density at radius 1 is 1.18 bits per heavy atom. The van der Waals surface area contributed by atoms with Gasteiger partial charge in [0.15, 0.2) is 11.5 Å². The molecule has 0 aliphatic carbocycles. The van der Waals surface area contributed by atoms with Gasteiger partial charge in [0.25, 0.3) is 0 Å². The first-order chi connectivity index (χ1) is 16.5. The van der Waals surface area contributed by atoms with Crippen molar-refractivity contribution in [1.29, 1.82) is 0 Å². The van der Waals surface area contributed by atoms with E-state index in [9.17, 15) is 4.79 Å². The number of hydrogen-bond acceptors (Lipinski definition) is 7. The fourth-order valence-corrected chi connectivity index (χ4v) is 4.74. The van der Waals surface area contributed by atoms with E-state index in [0.29, 0.717) is 23.1 Å². The quantitative estimate of drug-likeness (QED) is 0.519. The highest BCUT2D eigenvalue weighted by Gasteiger charge is 2.35. The molecule has 1 aromatic carbocycles.